The molecule has 1 heterocycles. The average molecular weight is 306 g/mol. The summed E-state index contributed by atoms with van der Waals surface area (Å²) in [5.74, 6) is 1.70. The van der Waals surface area contributed by atoms with E-state index in [4.69, 9.17) is 4.74 Å². The fourth-order valence-electron chi connectivity index (χ4n) is 2.50. The second kappa shape index (κ2) is 8.32. The van der Waals surface area contributed by atoms with Crippen LogP contribution in [0.3, 0.4) is 0 Å². The topological polar surface area (TPSA) is 33.6 Å². The molecule has 4 heteroatoms. The van der Waals surface area contributed by atoms with E-state index < -0.39 is 0 Å². The molecule has 1 N–H and O–H groups in total. The maximum Gasteiger partial charge on any atom is 0.161 e. The minimum absolute atomic E-state index is 0.634. The van der Waals surface area contributed by atoms with Crippen LogP contribution in [0.4, 0.5) is 5.69 Å². The number of anilines is 1. The zero-order valence-corrected chi connectivity index (χ0v) is 14.1. The third kappa shape index (κ3) is 4.67. The number of nitrogens with zero attached hydrogens (tertiary/aromatic N) is 1. The number of rotatable bonds is 7. The maximum absolute atomic E-state index is 5.59. The van der Waals surface area contributed by atoms with Gasteiger partial charge in [-0.1, -0.05) is 45.4 Å². The minimum Gasteiger partial charge on any atom is -0.494 e. The Bertz CT molecular complexity index is 454. The second-order valence-electron chi connectivity index (χ2n) is 5.38. The van der Waals surface area contributed by atoms with Gasteiger partial charge in [0.25, 0.3) is 0 Å². The van der Waals surface area contributed by atoms with E-state index in [-0.39, 0.29) is 0 Å². The predicted octanol–water partition coefficient (Wildman–Crippen LogP) is 4.79. The Morgan fingerprint density at radius 3 is 2.57 bits per heavy atom. The van der Waals surface area contributed by atoms with Crippen molar-refractivity contribution in [2.45, 2.75) is 45.3 Å². The molecule has 0 amide bonds. The number of benzene rings is 1. The standard InChI is InChI=1S/C17H26N2OS/c1-4-11-20-15-9-7-14(8-10-15)19-17-18-12-16(21-17)13(5-2)6-3/h7-10,13,16H,4-6,11-12H2,1-3H3,(H,18,19). The molecule has 21 heavy (non-hydrogen) atoms. The van der Waals surface area contributed by atoms with Crippen LogP contribution >= 0.6 is 11.8 Å². The van der Waals surface area contributed by atoms with Gasteiger partial charge in [-0.25, -0.2) is 0 Å². The molecule has 0 fully saturated rings. The molecular weight excluding hydrogens is 280 g/mol. The van der Waals surface area contributed by atoms with E-state index in [0.717, 1.165) is 42.1 Å². The minimum atomic E-state index is 0.634. The highest BCUT2D eigenvalue weighted by atomic mass is 32.2. The Hall–Kier alpha value is -1.16. The highest BCUT2D eigenvalue weighted by molar-refractivity contribution is 8.15. The quantitative estimate of drug-likeness (QED) is 0.786. The first-order valence-electron chi connectivity index (χ1n) is 7.97. The van der Waals surface area contributed by atoms with E-state index >= 15 is 0 Å². The lowest BCUT2D eigenvalue weighted by atomic mass is 9.99. The van der Waals surface area contributed by atoms with E-state index in [1.54, 1.807) is 0 Å². The van der Waals surface area contributed by atoms with Crippen molar-refractivity contribution in [3.05, 3.63) is 24.3 Å². The summed E-state index contributed by atoms with van der Waals surface area (Å²) in [6.07, 6.45) is 3.51. The van der Waals surface area contributed by atoms with Crippen LogP contribution in [0.5, 0.6) is 5.75 Å². The van der Waals surface area contributed by atoms with Crippen LogP contribution in [0, 0.1) is 5.92 Å². The number of ether oxygens (including phenoxy) is 1. The first-order chi connectivity index (χ1) is 10.3. The van der Waals surface area contributed by atoms with Crippen LogP contribution in [0.15, 0.2) is 29.3 Å². The Kier molecular flexibility index (Phi) is 6.43. The van der Waals surface area contributed by atoms with Crippen LogP contribution in [-0.4, -0.2) is 23.6 Å². The van der Waals surface area contributed by atoms with Crippen LogP contribution in [0.2, 0.25) is 0 Å². The van der Waals surface area contributed by atoms with E-state index in [9.17, 15) is 0 Å². The smallest absolute Gasteiger partial charge is 0.161 e. The average Bonchev–Trinajstić information content (AvgIpc) is 2.96. The third-order valence-corrected chi connectivity index (χ3v) is 5.12. The van der Waals surface area contributed by atoms with Gasteiger partial charge in [-0.3, -0.25) is 4.99 Å². The molecule has 0 aliphatic carbocycles. The molecule has 0 spiro atoms. The van der Waals surface area contributed by atoms with Gasteiger partial charge in [-0.2, -0.15) is 0 Å². The number of nitrogens with one attached hydrogen (secondary N) is 1. The fourth-order valence-corrected chi connectivity index (χ4v) is 3.84. The summed E-state index contributed by atoms with van der Waals surface area (Å²) in [5, 5.41) is 5.10. The van der Waals surface area contributed by atoms with Crippen molar-refractivity contribution in [2.75, 3.05) is 18.5 Å². The predicted molar refractivity (Wildman–Crippen MR) is 93.6 cm³/mol. The van der Waals surface area contributed by atoms with Crippen molar-refractivity contribution in [1.82, 2.24) is 0 Å². The molecule has 116 valence electrons. The largest absolute Gasteiger partial charge is 0.494 e. The van der Waals surface area contributed by atoms with Crippen LogP contribution in [0.25, 0.3) is 0 Å². The lowest BCUT2D eigenvalue weighted by molar-refractivity contribution is 0.317. The summed E-state index contributed by atoms with van der Waals surface area (Å²) in [5.41, 5.74) is 1.08. The second-order valence-corrected chi connectivity index (χ2v) is 6.60. The van der Waals surface area contributed by atoms with Crippen molar-refractivity contribution < 1.29 is 4.74 Å². The molecule has 0 bridgehead atoms. The number of amidine groups is 1. The number of aliphatic imine (C=N–C) groups is 1. The zero-order chi connectivity index (χ0) is 15.1. The number of hydrogen-bond acceptors (Lipinski definition) is 4. The van der Waals surface area contributed by atoms with E-state index in [0.29, 0.717) is 5.25 Å². The molecule has 1 aromatic carbocycles. The lowest BCUT2D eigenvalue weighted by Crippen LogP contribution is -2.17. The van der Waals surface area contributed by atoms with Gasteiger partial charge in [0.05, 0.1) is 13.2 Å². The Morgan fingerprint density at radius 1 is 1.24 bits per heavy atom. The highest BCUT2D eigenvalue weighted by Crippen LogP contribution is 2.31. The van der Waals surface area contributed by atoms with Gasteiger partial charge in [0.15, 0.2) is 5.17 Å². The Balaban J connectivity index is 1.85. The van der Waals surface area contributed by atoms with Gasteiger partial charge in [-0.15, -0.1) is 0 Å². The van der Waals surface area contributed by atoms with Gasteiger partial charge < -0.3 is 10.1 Å². The molecule has 1 aromatic rings. The van der Waals surface area contributed by atoms with Crippen LogP contribution in [0.1, 0.15) is 40.0 Å². The molecule has 0 radical (unpaired) electrons. The van der Waals surface area contributed by atoms with E-state index in [2.05, 4.69) is 43.2 Å². The highest BCUT2D eigenvalue weighted by Gasteiger charge is 2.25. The van der Waals surface area contributed by atoms with Gasteiger partial charge in [0.2, 0.25) is 0 Å². The normalized spacial score (nSPS) is 17.9. The summed E-state index contributed by atoms with van der Waals surface area (Å²) in [7, 11) is 0. The molecular formula is C17H26N2OS. The van der Waals surface area contributed by atoms with E-state index in [1.165, 1.54) is 12.8 Å². The van der Waals surface area contributed by atoms with Crippen LogP contribution in [-0.2, 0) is 0 Å². The molecule has 1 atom stereocenters. The number of thioether (sulfide) groups is 1. The Morgan fingerprint density at radius 2 is 1.95 bits per heavy atom. The van der Waals surface area contributed by atoms with Crippen molar-refractivity contribution in [2.24, 2.45) is 10.9 Å². The van der Waals surface area contributed by atoms with Crippen molar-refractivity contribution in [1.29, 1.82) is 0 Å². The molecule has 2 rings (SSSR count). The summed E-state index contributed by atoms with van der Waals surface area (Å²) in [6, 6.07) is 8.13. The summed E-state index contributed by atoms with van der Waals surface area (Å²) in [4.78, 5) is 4.64. The molecule has 1 unspecified atom stereocenters. The van der Waals surface area contributed by atoms with Crippen molar-refractivity contribution >= 4 is 22.6 Å². The van der Waals surface area contributed by atoms with E-state index in [1.807, 2.05) is 23.9 Å². The molecule has 3 nitrogen and oxygen atoms in total. The zero-order valence-electron chi connectivity index (χ0n) is 13.3. The maximum atomic E-state index is 5.59. The molecule has 0 saturated heterocycles. The third-order valence-electron chi connectivity index (χ3n) is 3.83. The summed E-state index contributed by atoms with van der Waals surface area (Å²) >= 11 is 1.89. The van der Waals surface area contributed by atoms with Gasteiger partial charge >= 0.3 is 0 Å². The molecule has 1 aliphatic heterocycles. The Labute approximate surface area is 132 Å². The van der Waals surface area contributed by atoms with Gasteiger partial charge in [0.1, 0.15) is 5.75 Å². The molecule has 0 aromatic heterocycles. The molecule has 0 saturated carbocycles. The summed E-state index contributed by atoms with van der Waals surface area (Å²) in [6.45, 7) is 8.37. The fraction of sp³-hybridized carbons (Fsp3) is 0.588. The molecule has 1 aliphatic rings. The first-order valence-corrected chi connectivity index (χ1v) is 8.85. The SMILES string of the molecule is CCCOc1ccc(NC2=NCC(C(CC)CC)S2)cc1. The van der Waals surface area contributed by atoms with Gasteiger partial charge in [-0.05, 0) is 36.6 Å². The summed E-state index contributed by atoms with van der Waals surface area (Å²) < 4.78 is 5.59. The van der Waals surface area contributed by atoms with Crippen LogP contribution < -0.4 is 10.1 Å². The van der Waals surface area contributed by atoms with Crippen molar-refractivity contribution in [3.63, 3.8) is 0 Å². The monoisotopic (exact) mass is 306 g/mol. The first kappa shape index (κ1) is 16.2. The van der Waals surface area contributed by atoms with Gasteiger partial charge in [0, 0.05) is 10.9 Å². The van der Waals surface area contributed by atoms with Crippen molar-refractivity contribution in [3.8, 4) is 5.75 Å². The number of hydrogen-bond donors (Lipinski definition) is 1. The lowest BCUT2D eigenvalue weighted by Gasteiger charge is -2.18.